The Morgan fingerprint density at radius 1 is 1.31 bits per heavy atom. The van der Waals surface area contributed by atoms with E-state index in [2.05, 4.69) is 15.4 Å². The average molecular weight is 353 g/mol. The summed E-state index contributed by atoms with van der Waals surface area (Å²) in [7, 11) is 3.44. The number of pyridine rings is 1. The van der Waals surface area contributed by atoms with E-state index >= 15 is 0 Å². The first-order valence-electron chi connectivity index (χ1n) is 8.43. The van der Waals surface area contributed by atoms with Crippen LogP contribution in [0, 0.1) is 13.8 Å². The Morgan fingerprint density at radius 2 is 2.04 bits per heavy atom. The Kier molecular flexibility index (Phi) is 4.79. The lowest BCUT2D eigenvalue weighted by atomic mass is 10.00. The molecule has 2 aromatic heterocycles. The number of fused-ring (bicyclic) bond motifs is 1. The number of hydrogen-bond acceptors (Lipinski definition) is 5. The second-order valence-electron chi connectivity index (χ2n) is 6.27. The summed E-state index contributed by atoms with van der Waals surface area (Å²) in [6, 6.07) is 7.22. The maximum atomic E-state index is 12.3. The van der Waals surface area contributed by atoms with Gasteiger partial charge in [0.25, 0.3) is 0 Å². The number of rotatable bonds is 5. The van der Waals surface area contributed by atoms with Crippen molar-refractivity contribution < 1.29 is 9.53 Å². The Bertz CT molecular complexity index is 978. The van der Waals surface area contributed by atoms with Gasteiger partial charge < -0.3 is 15.8 Å². The van der Waals surface area contributed by atoms with Crippen LogP contribution >= 0.6 is 0 Å². The molecule has 0 fully saturated rings. The van der Waals surface area contributed by atoms with Gasteiger partial charge in [-0.1, -0.05) is 12.1 Å². The van der Waals surface area contributed by atoms with E-state index in [1.807, 2.05) is 33.0 Å². The molecule has 3 aromatic rings. The highest BCUT2D eigenvalue weighted by Gasteiger charge is 2.18. The van der Waals surface area contributed by atoms with E-state index in [9.17, 15) is 4.79 Å². The normalized spacial score (nSPS) is 10.9. The van der Waals surface area contributed by atoms with E-state index in [0.29, 0.717) is 30.1 Å². The molecule has 0 saturated heterocycles. The minimum Gasteiger partial charge on any atom is -0.479 e. The van der Waals surface area contributed by atoms with E-state index in [1.165, 1.54) is 0 Å². The standard InChI is InChI=1S/C19H23N5O2/c1-11-13(9-10-16(25)22-15-8-6-5-7-14(15)20)12(2)21-18-17(11)19(26-4)23-24(18)3/h5-8H,9-10,20H2,1-4H3,(H,22,25). The van der Waals surface area contributed by atoms with Crippen LogP contribution in [0.2, 0.25) is 0 Å². The maximum absolute atomic E-state index is 12.3. The van der Waals surface area contributed by atoms with Crippen LogP contribution in [-0.4, -0.2) is 27.8 Å². The highest BCUT2D eigenvalue weighted by Crippen LogP contribution is 2.30. The van der Waals surface area contributed by atoms with Gasteiger partial charge in [-0.3, -0.25) is 4.79 Å². The molecule has 0 aliphatic carbocycles. The van der Waals surface area contributed by atoms with Gasteiger partial charge in [0.15, 0.2) is 5.65 Å². The van der Waals surface area contributed by atoms with Crippen LogP contribution in [0.15, 0.2) is 24.3 Å². The number of anilines is 2. The van der Waals surface area contributed by atoms with Crippen LogP contribution in [-0.2, 0) is 18.3 Å². The van der Waals surface area contributed by atoms with Crippen molar-refractivity contribution >= 4 is 28.3 Å². The molecule has 7 heteroatoms. The van der Waals surface area contributed by atoms with Crippen molar-refractivity contribution in [1.29, 1.82) is 0 Å². The van der Waals surface area contributed by atoms with Gasteiger partial charge in [0.05, 0.1) is 23.9 Å². The number of hydrogen-bond donors (Lipinski definition) is 2. The first-order chi connectivity index (χ1) is 12.4. The number of nitrogens with zero attached hydrogens (tertiary/aromatic N) is 3. The van der Waals surface area contributed by atoms with Gasteiger partial charge in [0.2, 0.25) is 11.8 Å². The molecule has 0 bridgehead atoms. The molecule has 0 radical (unpaired) electrons. The average Bonchev–Trinajstić information content (AvgIpc) is 2.93. The molecular formula is C19H23N5O2. The minimum atomic E-state index is -0.0834. The van der Waals surface area contributed by atoms with Crippen LogP contribution in [0.4, 0.5) is 11.4 Å². The van der Waals surface area contributed by atoms with Gasteiger partial charge in [-0.2, -0.15) is 0 Å². The first kappa shape index (κ1) is 17.7. The summed E-state index contributed by atoms with van der Waals surface area (Å²) in [4.78, 5) is 17.0. The molecule has 3 rings (SSSR count). The molecule has 26 heavy (non-hydrogen) atoms. The summed E-state index contributed by atoms with van der Waals surface area (Å²) in [6.45, 7) is 3.97. The number of nitrogen functional groups attached to an aromatic ring is 1. The monoisotopic (exact) mass is 353 g/mol. The number of benzene rings is 1. The van der Waals surface area contributed by atoms with Crippen molar-refractivity contribution in [2.24, 2.45) is 7.05 Å². The van der Waals surface area contributed by atoms with Gasteiger partial charge in [-0.15, -0.1) is 5.10 Å². The summed E-state index contributed by atoms with van der Waals surface area (Å²) in [5.74, 6) is 0.468. The third-order valence-corrected chi connectivity index (χ3v) is 4.55. The zero-order chi connectivity index (χ0) is 18.8. The van der Waals surface area contributed by atoms with Gasteiger partial charge in [0, 0.05) is 19.2 Å². The number of nitrogens with two attached hydrogens (primary N) is 1. The second-order valence-corrected chi connectivity index (χ2v) is 6.27. The number of carbonyl (C=O) groups is 1. The Labute approximate surface area is 152 Å². The summed E-state index contributed by atoms with van der Waals surface area (Å²) >= 11 is 0. The molecule has 0 aliphatic heterocycles. The predicted octanol–water partition coefficient (Wildman–Crippen LogP) is 2.75. The Morgan fingerprint density at radius 3 is 2.73 bits per heavy atom. The van der Waals surface area contributed by atoms with Gasteiger partial charge in [0.1, 0.15) is 0 Å². The van der Waals surface area contributed by atoms with Crippen molar-refractivity contribution in [1.82, 2.24) is 14.8 Å². The predicted molar refractivity (Wildman–Crippen MR) is 102 cm³/mol. The van der Waals surface area contributed by atoms with Crippen LogP contribution in [0.1, 0.15) is 23.2 Å². The molecule has 3 N–H and O–H groups in total. The molecule has 1 amide bonds. The summed E-state index contributed by atoms with van der Waals surface area (Å²) in [6.07, 6.45) is 0.920. The lowest BCUT2D eigenvalue weighted by molar-refractivity contribution is -0.116. The van der Waals surface area contributed by atoms with Crippen molar-refractivity contribution in [3.05, 3.63) is 41.1 Å². The van der Waals surface area contributed by atoms with E-state index < -0.39 is 0 Å². The van der Waals surface area contributed by atoms with Crippen molar-refractivity contribution in [3.8, 4) is 5.88 Å². The molecular weight excluding hydrogens is 330 g/mol. The number of para-hydroxylation sites is 2. The van der Waals surface area contributed by atoms with Crippen LogP contribution in [0.25, 0.3) is 11.0 Å². The molecule has 0 aliphatic rings. The zero-order valence-electron chi connectivity index (χ0n) is 15.5. The molecule has 0 atom stereocenters. The fourth-order valence-electron chi connectivity index (χ4n) is 3.17. The van der Waals surface area contributed by atoms with Gasteiger partial charge in [-0.05, 0) is 43.5 Å². The number of ether oxygens (including phenoxy) is 1. The highest BCUT2D eigenvalue weighted by atomic mass is 16.5. The van der Waals surface area contributed by atoms with Crippen LogP contribution in [0.5, 0.6) is 5.88 Å². The third kappa shape index (κ3) is 3.20. The minimum absolute atomic E-state index is 0.0834. The SMILES string of the molecule is COc1nn(C)c2nc(C)c(CCC(=O)Nc3ccccc3N)c(C)c12. The van der Waals surface area contributed by atoms with Gasteiger partial charge >= 0.3 is 0 Å². The third-order valence-electron chi connectivity index (χ3n) is 4.55. The molecule has 0 spiro atoms. The quantitative estimate of drug-likeness (QED) is 0.688. The van der Waals surface area contributed by atoms with Crippen LogP contribution < -0.4 is 15.8 Å². The number of methoxy groups -OCH3 is 1. The second kappa shape index (κ2) is 7.03. The largest absolute Gasteiger partial charge is 0.479 e. The fourth-order valence-corrected chi connectivity index (χ4v) is 3.17. The topological polar surface area (TPSA) is 95.1 Å². The molecule has 7 nitrogen and oxygen atoms in total. The lowest BCUT2D eigenvalue weighted by Crippen LogP contribution is -2.14. The fraction of sp³-hybridized carbons (Fsp3) is 0.316. The Hall–Kier alpha value is -3.09. The smallest absolute Gasteiger partial charge is 0.242 e. The molecule has 2 heterocycles. The van der Waals surface area contributed by atoms with Crippen LogP contribution in [0.3, 0.4) is 0 Å². The van der Waals surface area contributed by atoms with Crippen molar-refractivity contribution in [3.63, 3.8) is 0 Å². The van der Waals surface area contributed by atoms with Crippen molar-refractivity contribution in [2.75, 3.05) is 18.2 Å². The maximum Gasteiger partial charge on any atom is 0.242 e. The van der Waals surface area contributed by atoms with Gasteiger partial charge in [-0.25, -0.2) is 9.67 Å². The van der Waals surface area contributed by atoms with Crippen molar-refractivity contribution in [2.45, 2.75) is 26.7 Å². The van der Waals surface area contributed by atoms with E-state index in [4.69, 9.17) is 10.5 Å². The first-order valence-corrected chi connectivity index (χ1v) is 8.43. The van der Waals surface area contributed by atoms with E-state index in [0.717, 1.165) is 27.9 Å². The number of aryl methyl sites for hydroxylation is 3. The summed E-state index contributed by atoms with van der Waals surface area (Å²) < 4.78 is 7.09. The number of nitrogens with one attached hydrogen (secondary N) is 1. The molecule has 136 valence electrons. The highest BCUT2D eigenvalue weighted by molar-refractivity contribution is 5.94. The number of aromatic nitrogens is 3. The molecule has 1 aromatic carbocycles. The van der Waals surface area contributed by atoms with E-state index in [-0.39, 0.29) is 5.91 Å². The number of amides is 1. The number of carbonyl (C=O) groups excluding carboxylic acids is 1. The molecule has 0 saturated carbocycles. The molecule has 0 unspecified atom stereocenters. The van der Waals surface area contributed by atoms with E-state index in [1.54, 1.807) is 23.9 Å². The Balaban J connectivity index is 1.83. The summed E-state index contributed by atoms with van der Waals surface area (Å²) in [5.41, 5.74) is 10.8. The zero-order valence-corrected chi connectivity index (χ0v) is 15.5. The summed E-state index contributed by atoms with van der Waals surface area (Å²) in [5, 5.41) is 8.10. The lowest BCUT2D eigenvalue weighted by Gasteiger charge is -2.12.